The summed E-state index contributed by atoms with van der Waals surface area (Å²) in [6.07, 6.45) is 5.67. The molecule has 4 heteroatoms. The van der Waals surface area contributed by atoms with Gasteiger partial charge in [0.25, 0.3) is 0 Å². The Morgan fingerprint density at radius 3 is 1.94 bits per heavy atom. The van der Waals surface area contributed by atoms with E-state index in [0.717, 1.165) is 38.5 Å². The van der Waals surface area contributed by atoms with Crippen molar-refractivity contribution < 1.29 is 19.4 Å². The van der Waals surface area contributed by atoms with Crippen molar-refractivity contribution in [3.63, 3.8) is 0 Å². The van der Waals surface area contributed by atoms with Crippen LogP contribution >= 0.6 is 0 Å². The van der Waals surface area contributed by atoms with Gasteiger partial charge in [0.05, 0.1) is 12.8 Å². The van der Waals surface area contributed by atoms with Crippen molar-refractivity contribution in [1.29, 1.82) is 0 Å². The number of carbonyl (C=O) groups is 2. The average Bonchev–Trinajstić information content (AvgIpc) is 2.31. The van der Waals surface area contributed by atoms with Gasteiger partial charge in [-0.05, 0) is 32.6 Å². The molecule has 0 saturated heterocycles. The number of unbranched alkanes of at least 4 members (excludes halogenated alkanes) is 2. The van der Waals surface area contributed by atoms with Crippen LogP contribution in [0.25, 0.3) is 0 Å². The monoisotopic (exact) mass is 258 g/mol. The van der Waals surface area contributed by atoms with Gasteiger partial charge in [0.2, 0.25) is 0 Å². The van der Waals surface area contributed by atoms with Crippen LogP contribution in [0.4, 0.5) is 0 Å². The minimum absolute atomic E-state index is 0.0385. The number of ether oxygens (including phenoxy) is 1. The Morgan fingerprint density at radius 1 is 1.06 bits per heavy atom. The summed E-state index contributed by atoms with van der Waals surface area (Å²) in [6, 6.07) is 0. The second kappa shape index (κ2) is 8.95. The number of hydrogen-bond acceptors (Lipinski definition) is 3. The molecule has 18 heavy (non-hydrogen) atoms. The molecule has 0 radical (unpaired) electrons. The molecule has 0 amide bonds. The normalized spacial score (nSPS) is 11.3. The number of carboxylic acid groups (broad SMARTS) is 1. The van der Waals surface area contributed by atoms with Crippen molar-refractivity contribution in [2.75, 3.05) is 0 Å². The molecule has 106 valence electrons. The van der Waals surface area contributed by atoms with E-state index in [9.17, 15) is 9.59 Å². The lowest BCUT2D eigenvalue weighted by Crippen LogP contribution is -2.32. The fourth-order valence-corrected chi connectivity index (χ4v) is 1.86. The van der Waals surface area contributed by atoms with Crippen molar-refractivity contribution in [2.45, 2.75) is 77.7 Å². The largest absolute Gasteiger partial charge is 0.481 e. The van der Waals surface area contributed by atoms with E-state index in [4.69, 9.17) is 9.84 Å². The quantitative estimate of drug-likeness (QED) is 0.609. The first-order valence-corrected chi connectivity index (χ1v) is 6.87. The van der Waals surface area contributed by atoms with Crippen LogP contribution in [0.3, 0.4) is 0 Å². The SMILES string of the molecule is CCCCC(C)(CCCC)OC(=O)CCC(=O)O. The first-order valence-electron chi connectivity index (χ1n) is 6.87. The average molecular weight is 258 g/mol. The molecule has 0 aliphatic carbocycles. The van der Waals surface area contributed by atoms with Gasteiger partial charge in [-0.2, -0.15) is 0 Å². The van der Waals surface area contributed by atoms with Gasteiger partial charge in [0.15, 0.2) is 0 Å². The zero-order valence-corrected chi connectivity index (χ0v) is 11.8. The molecule has 0 atom stereocenters. The summed E-state index contributed by atoms with van der Waals surface area (Å²) in [5.41, 5.74) is -0.429. The number of rotatable bonds is 10. The Kier molecular flexibility index (Phi) is 8.42. The fraction of sp³-hybridized carbons (Fsp3) is 0.857. The van der Waals surface area contributed by atoms with E-state index in [-0.39, 0.29) is 12.8 Å². The lowest BCUT2D eigenvalue weighted by Gasteiger charge is -2.29. The highest BCUT2D eigenvalue weighted by Gasteiger charge is 2.27. The highest BCUT2D eigenvalue weighted by Crippen LogP contribution is 2.26. The molecule has 0 bridgehead atoms. The first-order chi connectivity index (χ1) is 8.43. The zero-order chi connectivity index (χ0) is 14.0. The van der Waals surface area contributed by atoms with Crippen molar-refractivity contribution in [2.24, 2.45) is 0 Å². The van der Waals surface area contributed by atoms with E-state index in [1.54, 1.807) is 0 Å². The van der Waals surface area contributed by atoms with Crippen LogP contribution in [0.1, 0.15) is 72.1 Å². The summed E-state index contributed by atoms with van der Waals surface area (Å²) in [5.74, 6) is -1.36. The molecule has 0 aliphatic rings. The van der Waals surface area contributed by atoms with Crippen LogP contribution in [0, 0.1) is 0 Å². The Morgan fingerprint density at radius 2 is 1.56 bits per heavy atom. The van der Waals surface area contributed by atoms with Gasteiger partial charge < -0.3 is 9.84 Å². The third-order valence-corrected chi connectivity index (χ3v) is 3.02. The Labute approximate surface area is 110 Å². The summed E-state index contributed by atoms with van der Waals surface area (Å²) in [5, 5.41) is 8.54. The maximum Gasteiger partial charge on any atom is 0.306 e. The van der Waals surface area contributed by atoms with Gasteiger partial charge in [0.1, 0.15) is 5.60 Å². The summed E-state index contributed by atoms with van der Waals surface area (Å²) in [7, 11) is 0. The van der Waals surface area contributed by atoms with Gasteiger partial charge in [-0.3, -0.25) is 9.59 Å². The minimum Gasteiger partial charge on any atom is -0.481 e. The highest BCUT2D eigenvalue weighted by atomic mass is 16.6. The van der Waals surface area contributed by atoms with E-state index in [1.807, 2.05) is 6.92 Å². The van der Waals surface area contributed by atoms with Gasteiger partial charge in [0, 0.05) is 0 Å². The second-order valence-electron chi connectivity index (χ2n) is 5.02. The first kappa shape index (κ1) is 16.9. The minimum atomic E-state index is -0.962. The smallest absolute Gasteiger partial charge is 0.306 e. The van der Waals surface area contributed by atoms with E-state index >= 15 is 0 Å². The Hall–Kier alpha value is -1.06. The topological polar surface area (TPSA) is 63.6 Å². The molecule has 0 spiro atoms. The van der Waals surface area contributed by atoms with Crippen molar-refractivity contribution in [1.82, 2.24) is 0 Å². The van der Waals surface area contributed by atoms with E-state index < -0.39 is 17.5 Å². The number of carbonyl (C=O) groups excluding carboxylic acids is 1. The van der Waals surface area contributed by atoms with Gasteiger partial charge >= 0.3 is 11.9 Å². The molecular weight excluding hydrogens is 232 g/mol. The van der Waals surface area contributed by atoms with E-state index in [0.29, 0.717) is 0 Å². The molecule has 1 N–H and O–H groups in total. The predicted octanol–water partition coefficient (Wildman–Crippen LogP) is 3.53. The van der Waals surface area contributed by atoms with Crippen LogP contribution in [0.15, 0.2) is 0 Å². The van der Waals surface area contributed by atoms with E-state index in [2.05, 4.69) is 13.8 Å². The standard InChI is InChI=1S/C14H26O4/c1-4-6-10-14(3,11-7-5-2)18-13(17)9-8-12(15)16/h4-11H2,1-3H3,(H,15,16). The van der Waals surface area contributed by atoms with Crippen LogP contribution in [-0.2, 0) is 14.3 Å². The van der Waals surface area contributed by atoms with Crippen LogP contribution in [0.5, 0.6) is 0 Å². The maximum atomic E-state index is 11.6. The molecule has 0 aromatic heterocycles. The molecule has 4 nitrogen and oxygen atoms in total. The summed E-state index contributed by atoms with van der Waals surface area (Å²) >= 11 is 0. The fourth-order valence-electron chi connectivity index (χ4n) is 1.86. The predicted molar refractivity (Wildman–Crippen MR) is 70.4 cm³/mol. The number of esters is 1. The zero-order valence-electron chi connectivity index (χ0n) is 11.8. The Bertz CT molecular complexity index is 253. The van der Waals surface area contributed by atoms with Crippen LogP contribution < -0.4 is 0 Å². The maximum absolute atomic E-state index is 11.6. The molecular formula is C14H26O4. The lowest BCUT2D eigenvalue weighted by atomic mass is 9.92. The van der Waals surface area contributed by atoms with Crippen molar-refractivity contribution in [3.8, 4) is 0 Å². The third kappa shape index (κ3) is 8.09. The molecule has 0 aromatic carbocycles. The van der Waals surface area contributed by atoms with Crippen molar-refractivity contribution >= 4 is 11.9 Å². The molecule has 0 unspecified atom stereocenters. The van der Waals surface area contributed by atoms with Crippen LogP contribution in [-0.4, -0.2) is 22.6 Å². The molecule has 0 rings (SSSR count). The molecule has 0 fully saturated rings. The summed E-state index contributed by atoms with van der Waals surface area (Å²) < 4.78 is 5.49. The highest BCUT2D eigenvalue weighted by molar-refractivity contribution is 5.76. The molecule has 0 aromatic rings. The molecule has 0 heterocycles. The van der Waals surface area contributed by atoms with Crippen molar-refractivity contribution in [3.05, 3.63) is 0 Å². The second-order valence-corrected chi connectivity index (χ2v) is 5.02. The van der Waals surface area contributed by atoms with Crippen LogP contribution in [0.2, 0.25) is 0 Å². The molecule has 0 aliphatic heterocycles. The van der Waals surface area contributed by atoms with Gasteiger partial charge in [-0.15, -0.1) is 0 Å². The Balaban J connectivity index is 4.28. The molecule has 0 saturated carbocycles. The third-order valence-electron chi connectivity index (χ3n) is 3.02. The number of carboxylic acids is 1. The number of hydrogen-bond donors (Lipinski definition) is 1. The summed E-state index contributed by atoms with van der Waals surface area (Å²) in [4.78, 5) is 22.0. The lowest BCUT2D eigenvalue weighted by molar-refractivity contribution is -0.161. The van der Waals surface area contributed by atoms with Gasteiger partial charge in [-0.1, -0.05) is 26.7 Å². The summed E-state index contributed by atoms with van der Waals surface area (Å²) in [6.45, 7) is 6.16. The number of aliphatic carboxylic acids is 1. The van der Waals surface area contributed by atoms with E-state index in [1.165, 1.54) is 0 Å². The van der Waals surface area contributed by atoms with Gasteiger partial charge in [-0.25, -0.2) is 0 Å².